The zero-order valence-corrected chi connectivity index (χ0v) is 10.6. The molecule has 0 amide bonds. The van der Waals surface area contributed by atoms with Crippen LogP contribution in [-0.2, 0) is 0 Å². The van der Waals surface area contributed by atoms with E-state index < -0.39 is 0 Å². The Morgan fingerprint density at radius 1 is 1.53 bits per heavy atom. The van der Waals surface area contributed by atoms with E-state index >= 15 is 0 Å². The first kappa shape index (κ1) is 12.1. The molecule has 4 nitrogen and oxygen atoms in total. The maximum Gasteiger partial charge on any atom is 0.0623 e. The summed E-state index contributed by atoms with van der Waals surface area (Å²) >= 11 is 5.92. The molecule has 17 heavy (non-hydrogen) atoms. The van der Waals surface area contributed by atoms with E-state index in [1.54, 1.807) is 6.07 Å². The third-order valence-corrected chi connectivity index (χ3v) is 3.32. The molecule has 1 aliphatic heterocycles. The highest BCUT2D eigenvalue weighted by Gasteiger charge is 2.18. The summed E-state index contributed by atoms with van der Waals surface area (Å²) in [6.07, 6.45) is 2.44. The molecule has 1 heterocycles. The first-order chi connectivity index (χ1) is 8.20. The predicted molar refractivity (Wildman–Crippen MR) is 70.9 cm³/mol. The Kier molecular flexibility index (Phi) is 3.77. The third-order valence-electron chi connectivity index (χ3n) is 3.09. The lowest BCUT2D eigenvalue weighted by Gasteiger charge is -2.33. The van der Waals surface area contributed by atoms with Crippen molar-refractivity contribution in [2.24, 2.45) is 11.0 Å². The number of piperidine rings is 1. The number of nitrogens with zero attached hydrogens (tertiary/aromatic N) is 4. The Balaban J connectivity index is 2.33. The molecule has 5 heteroatoms. The fourth-order valence-corrected chi connectivity index (χ4v) is 2.47. The number of anilines is 1. The van der Waals surface area contributed by atoms with Crippen LogP contribution in [0.2, 0.25) is 5.02 Å². The van der Waals surface area contributed by atoms with Crippen molar-refractivity contribution in [2.45, 2.75) is 19.8 Å². The predicted octanol–water partition coefficient (Wildman–Crippen LogP) is 4.52. The number of halogens is 1. The molecular formula is C12H15ClN4. The number of hydrogen-bond acceptors (Lipinski definition) is 2. The van der Waals surface area contributed by atoms with Crippen LogP contribution in [0, 0.1) is 5.92 Å². The average molecular weight is 251 g/mol. The maximum atomic E-state index is 8.58. The average Bonchev–Trinajstić information content (AvgIpc) is 2.29. The summed E-state index contributed by atoms with van der Waals surface area (Å²) in [7, 11) is 0. The van der Waals surface area contributed by atoms with Gasteiger partial charge < -0.3 is 4.90 Å². The minimum absolute atomic E-state index is 0.598. The topological polar surface area (TPSA) is 52.0 Å². The second-order valence-electron chi connectivity index (χ2n) is 4.52. The first-order valence-corrected chi connectivity index (χ1v) is 6.18. The zero-order valence-electron chi connectivity index (χ0n) is 9.80. The van der Waals surface area contributed by atoms with Gasteiger partial charge in [0.1, 0.15) is 0 Å². The van der Waals surface area contributed by atoms with Crippen molar-refractivity contribution in [3.05, 3.63) is 33.7 Å². The Bertz CT molecular complexity index is 454. The van der Waals surface area contributed by atoms with Crippen LogP contribution in [0.5, 0.6) is 0 Å². The highest BCUT2D eigenvalue weighted by atomic mass is 35.5. The molecule has 1 aliphatic rings. The molecule has 0 N–H and O–H groups in total. The summed E-state index contributed by atoms with van der Waals surface area (Å²) in [6, 6.07) is 5.49. The van der Waals surface area contributed by atoms with Gasteiger partial charge in [-0.1, -0.05) is 23.6 Å². The van der Waals surface area contributed by atoms with Crippen LogP contribution in [0.25, 0.3) is 10.4 Å². The summed E-state index contributed by atoms with van der Waals surface area (Å²) in [4.78, 5) is 5.13. The van der Waals surface area contributed by atoms with Gasteiger partial charge in [0, 0.05) is 28.7 Å². The van der Waals surface area contributed by atoms with Crippen LogP contribution in [0.15, 0.2) is 23.3 Å². The fraction of sp³-hybridized carbons (Fsp3) is 0.500. The molecule has 0 aliphatic carbocycles. The summed E-state index contributed by atoms with van der Waals surface area (Å²) in [5, 5.41) is 4.32. The van der Waals surface area contributed by atoms with Crippen LogP contribution >= 0.6 is 11.6 Å². The monoisotopic (exact) mass is 250 g/mol. The van der Waals surface area contributed by atoms with E-state index in [2.05, 4.69) is 21.8 Å². The van der Waals surface area contributed by atoms with E-state index in [0.717, 1.165) is 18.8 Å². The summed E-state index contributed by atoms with van der Waals surface area (Å²) < 4.78 is 0. The zero-order chi connectivity index (χ0) is 12.3. The van der Waals surface area contributed by atoms with Crippen LogP contribution in [0.1, 0.15) is 19.8 Å². The lowest BCUT2D eigenvalue weighted by Crippen LogP contribution is -2.34. The fourth-order valence-electron chi connectivity index (χ4n) is 2.30. The van der Waals surface area contributed by atoms with Gasteiger partial charge in [0.05, 0.1) is 5.69 Å². The van der Waals surface area contributed by atoms with Crippen molar-refractivity contribution in [3.63, 3.8) is 0 Å². The Labute approximate surface area is 106 Å². The van der Waals surface area contributed by atoms with Gasteiger partial charge in [0.25, 0.3) is 0 Å². The molecule has 90 valence electrons. The van der Waals surface area contributed by atoms with Crippen molar-refractivity contribution in [2.75, 3.05) is 18.0 Å². The molecule has 1 unspecified atom stereocenters. The molecule has 0 saturated carbocycles. The van der Waals surface area contributed by atoms with Crippen LogP contribution in [0.3, 0.4) is 0 Å². The quantitative estimate of drug-likeness (QED) is 0.433. The van der Waals surface area contributed by atoms with E-state index in [0.29, 0.717) is 16.6 Å². The second kappa shape index (κ2) is 5.30. The number of azide groups is 1. The van der Waals surface area contributed by atoms with Crippen molar-refractivity contribution in [1.29, 1.82) is 0 Å². The SMILES string of the molecule is CC1CCCN(c2ccc(Cl)cc2N=[N+]=[N-])C1. The molecule has 1 aromatic rings. The van der Waals surface area contributed by atoms with E-state index in [9.17, 15) is 0 Å². The molecule has 1 fully saturated rings. The lowest BCUT2D eigenvalue weighted by molar-refractivity contribution is 0.447. The molecule has 1 aromatic carbocycles. The van der Waals surface area contributed by atoms with Crippen molar-refractivity contribution >= 4 is 23.0 Å². The van der Waals surface area contributed by atoms with Crippen molar-refractivity contribution in [1.82, 2.24) is 0 Å². The number of rotatable bonds is 2. The van der Waals surface area contributed by atoms with Gasteiger partial charge in [0.15, 0.2) is 0 Å². The number of benzene rings is 1. The van der Waals surface area contributed by atoms with Gasteiger partial charge in [-0.2, -0.15) is 0 Å². The molecule has 2 rings (SSSR count). The smallest absolute Gasteiger partial charge is 0.0623 e. The van der Waals surface area contributed by atoms with Gasteiger partial charge in [-0.15, -0.1) is 0 Å². The van der Waals surface area contributed by atoms with Gasteiger partial charge in [-0.3, -0.25) is 0 Å². The normalized spacial score (nSPS) is 19.9. The molecule has 0 aromatic heterocycles. The molecule has 0 spiro atoms. The molecule has 0 radical (unpaired) electrons. The minimum atomic E-state index is 0.598. The lowest BCUT2D eigenvalue weighted by atomic mass is 9.99. The standard InChI is InChI=1S/C12H15ClN4/c1-9-3-2-6-17(8-9)12-5-4-10(13)7-11(12)15-16-14/h4-5,7,9H,2-3,6,8H2,1H3. The van der Waals surface area contributed by atoms with Gasteiger partial charge in [-0.25, -0.2) is 0 Å². The van der Waals surface area contributed by atoms with Crippen LogP contribution in [-0.4, -0.2) is 13.1 Å². The Morgan fingerprint density at radius 3 is 3.06 bits per heavy atom. The molecule has 1 atom stereocenters. The summed E-state index contributed by atoms with van der Waals surface area (Å²) in [6.45, 7) is 4.27. The van der Waals surface area contributed by atoms with E-state index in [4.69, 9.17) is 17.1 Å². The van der Waals surface area contributed by atoms with E-state index in [1.807, 2.05) is 12.1 Å². The van der Waals surface area contributed by atoms with E-state index in [-0.39, 0.29) is 0 Å². The molecular weight excluding hydrogens is 236 g/mol. The highest BCUT2D eigenvalue weighted by molar-refractivity contribution is 6.31. The largest absolute Gasteiger partial charge is 0.371 e. The number of hydrogen-bond donors (Lipinski definition) is 0. The van der Waals surface area contributed by atoms with Crippen molar-refractivity contribution < 1.29 is 0 Å². The molecule has 0 bridgehead atoms. The first-order valence-electron chi connectivity index (χ1n) is 5.80. The van der Waals surface area contributed by atoms with Gasteiger partial charge in [-0.05, 0) is 42.5 Å². The maximum absolute atomic E-state index is 8.58. The highest BCUT2D eigenvalue weighted by Crippen LogP contribution is 2.34. The third kappa shape index (κ3) is 2.84. The van der Waals surface area contributed by atoms with Gasteiger partial charge >= 0.3 is 0 Å². The van der Waals surface area contributed by atoms with Crippen LogP contribution in [0.4, 0.5) is 11.4 Å². The van der Waals surface area contributed by atoms with Crippen molar-refractivity contribution in [3.8, 4) is 0 Å². The Morgan fingerprint density at radius 2 is 2.35 bits per heavy atom. The Hall–Kier alpha value is -1.38. The summed E-state index contributed by atoms with van der Waals surface area (Å²) in [5.74, 6) is 0.679. The molecule has 1 saturated heterocycles. The van der Waals surface area contributed by atoms with E-state index in [1.165, 1.54) is 12.8 Å². The van der Waals surface area contributed by atoms with Gasteiger partial charge in [0.2, 0.25) is 0 Å². The minimum Gasteiger partial charge on any atom is -0.371 e. The summed E-state index contributed by atoms with van der Waals surface area (Å²) in [5.41, 5.74) is 10.2. The second-order valence-corrected chi connectivity index (χ2v) is 4.95. The van der Waals surface area contributed by atoms with Crippen LogP contribution < -0.4 is 4.90 Å².